The van der Waals surface area contributed by atoms with Crippen LogP contribution in [0.2, 0.25) is 0 Å². The number of ether oxygens (including phenoxy) is 1. The monoisotopic (exact) mass is 241 g/mol. The van der Waals surface area contributed by atoms with E-state index in [9.17, 15) is 8.78 Å². The lowest BCUT2D eigenvalue weighted by Gasteiger charge is -2.14. The summed E-state index contributed by atoms with van der Waals surface area (Å²) in [4.78, 5) is 0. The van der Waals surface area contributed by atoms with Gasteiger partial charge in [-0.05, 0) is 30.5 Å². The number of rotatable bonds is 6. The van der Waals surface area contributed by atoms with Gasteiger partial charge in [-0.15, -0.1) is 0 Å². The molecule has 1 unspecified atom stereocenters. The normalized spacial score (nSPS) is 12.5. The Kier molecular flexibility index (Phi) is 5.10. The maximum absolute atomic E-state index is 12.1. The second kappa shape index (κ2) is 6.35. The van der Waals surface area contributed by atoms with Crippen LogP contribution in [-0.2, 0) is 0 Å². The van der Waals surface area contributed by atoms with Gasteiger partial charge >= 0.3 is 6.61 Å². The van der Waals surface area contributed by atoms with Crippen LogP contribution in [0.3, 0.4) is 0 Å². The summed E-state index contributed by atoms with van der Waals surface area (Å²) >= 11 is 0. The van der Waals surface area contributed by atoms with E-state index in [0.29, 0.717) is 6.42 Å². The Morgan fingerprint density at radius 2 is 2.18 bits per heavy atom. The van der Waals surface area contributed by atoms with Gasteiger partial charge in [0.2, 0.25) is 0 Å². The van der Waals surface area contributed by atoms with E-state index in [2.05, 4.69) is 11.3 Å². The zero-order valence-corrected chi connectivity index (χ0v) is 9.83. The van der Waals surface area contributed by atoms with Gasteiger partial charge in [-0.2, -0.15) is 8.78 Å². The van der Waals surface area contributed by atoms with Crippen LogP contribution in [0.5, 0.6) is 5.75 Å². The molecule has 94 valence electrons. The third-order valence-electron chi connectivity index (χ3n) is 2.52. The predicted molar refractivity (Wildman–Crippen MR) is 64.1 cm³/mol. The lowest BCUT2D eigenvalue weighted by molar-refractivity contribution is -0.0498. The van der Waals surface area contributed by atoms with Crippen molar-refractivity contribution >= 4 is 0 Å². The summed E-state index contributed by atoms with van der Waals surface area (Å²) in [5.74, 6) is 0.134. The minimum Gasteiger partial charge on any atom is -0.435 e. The average molecular weight is 241 g/mol. The molecule has 0 saturated heterocycles. The lowest BCUT2D eigenvalue weighted by Crippen LogP contribution is -2.11. The van der Waals surface area contributed by atoms with Gasteiger partial charge in [-0.25, -0.2) is 0 Å². The molecular weight excluding hydrogens is 224 g/mol. The van der Waals surface area contributed by atoms with E-state index in [1.165, 1.54) is 6.07 Å². The minimum atomic E-state index is -2.81. The summed E-state index contributed by atoms with van der Waals surface area (Å²) in [5.41, 5.74) is 7.78. The van der Waals surface area contributed by atoms with Crippen molar-refractivity contribution in [2.45, 2.75) is 32.4 Å². The van der Waals surface area contributed by atoms with Gasteiger partial charge in [0.05, 0.1) is 0 Å². The Morgan fingerprint density at radius 3 is 2.76 bits per heavy atom. The van der Waals surface area contributed by atoms with Crippen molar-refractivity contribution in [1.29, 1.82) is 0 Å². The van der Waals surface area contributed by atoms with Gasteiger partial charge in [0.25, 0.3) is 0 Å². The minimum absolute atomic E-state index is 0.134. The molecule has 2 N–H and O–H groups in total. The SMILES string of the molecule is C=C(CC)CC(N)c1cccc(OC(F)F)c1. The molecule has 0 heterocycles. The highest BCUT2D eigenvalue weighted by molar-refractivity contribution is 5.31. The van der Waals surface area contributed by atoms with Crippen LogP contribution < -0.4 is 10.5 Å². The van der Waals surface area contributed by atoms with Crippen molar-refractivity contribution in [2.24, 2.45) is 5.73 Å². The molecule has 1 atom stereocenters. The molecule has 0 aliphatic heterocycles. The van der Waals surface area contributed by atoms with Crippen LogP contribution in [0.25, 0.3) is 0 Å². The van der Waals surface area contributed by atoms with E-state index in [1.807, 2.05) is 6.92 Å². The number of nitrogens with two attached hydrogens (primary N) is 1. The van der Waals surface area contributed by atoms with Gasteiger partial charge in [0.1, 0.15) is 5.75 Å². The fraction of sp³-hybridized carbons (Fsp3) is 0.385. The van der Waals surface area contributed by atoms with Gasteiger partial charge in [0, 0.05) is 6.04 Å². The second-order valence-corrected chi connectivity index (χ2v) is 3.87. The number of hydrogen-bond donors (Lipinski definition) is 1. The average Bonchev–Trinajstić information content (AvgIpc) is 2.28. The molecule has 1 aromatic carbocycles. The zero-order chi connectivity index (χ0) is 12.8. The fourth-order valence-corrected chi connectivity index (χ4v) is 1.49. The number of benzene rings is 1. The van der Waals surface area contributed by atoms with Gasteiger partial charge < -0.3 is 10.5 Å². The van der Waals surface area contributed by atoms with Crippen LogP contribution in [0.15, 0.2) is 36.4 Å². The summed E-state index contributed by atoms with van der Waals surface area (Å²) in [5, 5.41) is 0. The molecule has 0 saturated carbocycles. The summed E-state index contributed by atoms with van der Waals surface area (Å²) in [6.45, 7) is 3.07. The molecule has 0 aromatic heterocycles. The molecule has 17 heavy (non-hydrogen) atoms. The topological polar surface area (TPSA) is 35.2 Å². The Bertz CT molecular complexity index is 379. The fourth-order valence-electron chi connectivity index (χ4n) is 1.49. The summed E-state index contributed by atoms with van der Waals surface area (Å²) < 4.78 is 28.4. The Morgan fingerprint density at radius 1 is 1.47 bits per heavy atom. The zero-order valence-electron chi connectivity index (χ0n) is 9.83. The van der Waals surface area contributed by atoms with Gasteiger partial charge in [-0.3, -0.25) is 0 Å². The van der Waals surface area contributed by atoms with E-state index in [0.717, 1.165) is 17.6 Å². The third-order valence-corrected chi connectivity index (χ3v) is 2.52. The van der Waals surface area contributed by atoms with E-state index in [4.69, 9.17) is 5.73 Å². The molecule has 0 aliphatic carbocycles. The molecule has 0 bridgehead atoms. The highest BCUT2D eigenvalue weighted by Crippen LogP contribution is 2.23. The lowest BCUT2D eigenvalue weighted by atomic mass is 9.99. The van der Waals surface area contributed by atoms with Crippen LogP contribution in [0, 0.1) is 0 Å². The van der Waals surface area contributed by atoms with Crippen molar-refractivity contribution in [3.8, 4) is 5.75 Å². The van der Waals surface area contributed by atoms with E-state index >= 15 is 0 Å². The Labute approximate surface area is 100 Å². The van der Waals surface area contributed by atoms with E-state index < -0.39 is 6.61 Å². The van der Waals surface area contributed by atoms with E-state index in [-0.39, 0.29) is 11.8 Å². The number of alkyl halides is 2. The maximum atomic E-state index is 12.1. The van der Waals surface area contributed by atoms with E-state index in [1.54, 1.807) is 18.2 Å². The smallest absolute Gasteiger partial charge is 0.387 e. The molecule has 1 aromatic rings. The predicted octanol–water partition coefficient (Wildman–Crippen LogP) is 3.64. The number of halogens is 2. The molecule has 0 spiro atoms. The first-order valence-electron chi connectivity index (χ1n) is 5.50. The Balaban J connectivity index is 2.73. The van der Waals surface area contributed by atoms with Crippen LogP contribution in [0.1, 0.15) is 31.4 Å². The first-order chi connectivity index (χ1) is 8.02. The van der Waals surface area contributed by atoms with Crippen molar-refractivity contribution in [2.75, 3.05) is 0 Å². The Hall–Kier alpha value is -1.42. The molecular formula is C13H17F2NO. The quantitative estimate of drug-likeness (QED) is 0.772. The summed E-state index contributed by atoms with van der Waals surface area (Å²) in [7, 11) is 0. The van der Waals surface area contributed by atoms with Gasteiger partial charge in [0.15, 0.2) is 0 Å². The standard InChI is InChI=1S/C13H17F2NO/c1-3-9(2)7-12(16)10-5-4-6-11(8-10)17-13(14)15/h4-6,8,12-13H,2-3,7,16H2,1H3. The van der Waals surface area contributed by atoms with Crippen molar-refractivity contribution < 1.29 is 13.5 Å². The molecule has 1 rings (SSSR count). The first-order valence-corrected chi connectivity index (χ1v) is 5.50. The van der Waals surface area contributed by atoms with Crippen molar-refractivity contribution in [3.05, 3.63) is 42.0 Å². The summed E-state index contributed by atoms with van der Waals surface area (Å²) in [6, 6.07) is 6.24. The molecule has 0 radical (unpaired) electrons. The van der Waals surface area contributed by atoms with Gasteiger partial charge in [-0.1, -0.05) is 31.2 Å². The molecule has 0 amide bonds. The molecule has 0 aliphatic rings. The van der Waals surface area contributed by atoms with Crippen LogP contribution in [-0.4, -0.2) is 6.61 Å². The second-order valence-electron chi connectivity index (χ2n) is 3.87. The highest BCUT2D eigenvalue weighted by atomic mass is 19.3. The first kappa shape index (κ1) is 13.6. The largest absolute Gasteiger partial charge is 0.435 e. The molecule has 0 fully saturated rings. The third kappa shape index (κ3) is 4.53. The van der Waals surface area contributed by atoms with Crippen LogP contribution >= 0.6 is 0 Å². The number of hydrogen-bond acceptors (Lipinski definition) is 2. The van der Waals surface area contributed by atoms with Crippen molar-refractivity contribution in [1.82, 2.24) is 0 Å². The van der Waals surface area contributed by atoms with Crippen molar-refractivity contribution in [3.63, 3.8) is 0 Å². The molecule has 4 heteroatoms. The molecule has 2 nitrogen and oxygen atoms in total. The highest BCUT2D eigenvalue weighted by Gasteiger charge is 2.10. The van der Waals surface area contributed by atoms with Crippen LogP contribution in [0.4, 0.5) is 8.78 Å². The summed E-state index contributed by atoms with van der Waals surface area (Å²) in [6.07, 6.45) is 1.51. The maximum Gasteiger partial charge on any atom is 0.387 e.